The van der Waals surface area contributed by atoms with E-state index in [1.54, 1.807) is 23.0 Å². The molecule has 1 aromatic carbocycles. The Labute approximate surface area is 171 Å². The highest BCUT2D eigenvalue weighted by atomic mass is 19.1. The molecule has 3 N–H and O–H groups in total. The van der Waals surface area contributed by atoms with E-state index in [-0.39, 0.29) is 6.54 Å². The Morgan fingerprint density at radius 3 is 2.93 bits per heavy atom. The number of aryl methyl sites for hydroxylation is 1. The molecule has 0 saturated carbocycles. The summed E-state index contributed by atoms with van der Waals surface area (Å²) in [7, 11) is 0. The number of aromatic amines is 1. The fourth-order valence-corrected chi connectivity index (χ4v) is 3.58. The monoisotopic (exact) mass is 402 g/mol. The van der Waals surface area contributed by atoms with E-state index >= 15 is 0 Å². The Bertz CT molecular complexity index is 1360. The molecular weight excluding hydrogens is 383 g/mol. The van der Waals surface area contributed by atoms with Crippen molar-refractivity contribution in [3.8, 4) is 11.3 Å². The second kappa shape index (κ2) is 7.23. The van der Waals surface area contributed by atoms with Crippen LogP contribution in [0, 0.1) is 12.7 Å². The van der Waals surface area contributed by atoms with E-state index in [0.29, 0.717) is 22.7 Å². The van der Waals surface area contributed by atoms with Crippen molar-refractivity contribution in [3.05, 3.63) is 78.1 Å². The maximum Gasteiger partial charge on any atom is 0.160 e. The predicted molar refractivity (Wildman–Crippen MR) is 113 cm³/mol. The molecule has 1 unspecified atom stereocenters. The van der Waals surface area contributed by atoms with Crippen LogP contribution in [-0.4, -0.2) is 36.2 Å². The third-order valence-corrected chi connectivity index (χ3v) is 5.11. The van der Waals surface area contributed by atoms with Gasteiger partial charge < -0.3 is 15.4 Å². The molecule has 1 atom stereocenters. The number of rotatable bonds is 5. The highest BCUT2D eigenvalue weighted by molar-refractivity contribution is 5.83. The molecule has 0 saturated heterocycles. The number of aliphatic hydroxyl groups is 1. The number of anilines is 1. The summed E-state index contributed by atoms with van der Waals surface area (Å²) in [5, 5.41) is 19.4. The van der Waals surface area contributed by atoms with Crippen molar-refractivity contribution in [2.45, 2.75) is 13.0 Å². The summed E-state index contributed by atoms with van der Waals surface area (Å²) < 4.78 is 15.3. The Hall–Kier alpha value is -3.78. The van der Waals surface area contributed by atoms with Crippen LogP contribution in [0.4, 0.5) is 10.2 Å². The number of hydrogen-bond acceptors (Lipinski definition) is 5. The van der Waals surface area contributed by atoms with Crippen molar-refractivity contribution in [2.75, 3.05) is 11.9 Å². The first-order valence-electron chi connectivity index (χ1n) is 9.54. The zero-order valence-corrected chi connectivity index (χ0v) is 16.2. The zero-order valence-electron chi connectivity index (χ0n) is 16.2. The molecule has 4 heterocycles. The zero-order chi connectivity index (χ0) is 20.7. The van der Waals surface area contributed by atoms with E-state index in [1.807, 2.05) is 37.4 Å². The SMILES string of the molecule is Cc1cnn2c(NCC(O)c3c[nH]c4ccccc34)cc(-c3cncc(F)c3)nc12. The maximum atomic E-state index is 13.7. The van der Waals surface area contributed by atoms with Gasteiger partial charge in [-0.2, -0.15) is 9.61 Å². The molecule has 7 nitrogen and oxygen atoms in total. The first kappa shape index (κ1) is 18.3. The fourth-order valence-electron chi connectivity index (χ4n) is 3.58. The van der Waals surface area contributed by atoms with E-state index in [0.717, 1.165) is 28.2 Å². The molecule has 4 aromatic heterocycles. The summed E-state index contributed by atoms with van der Waals surface area (Å²) in [5.74, 6) is 0.218. The van der Waals surface area contributed by atoms with Gasteiger partial charge in [-0.15, -0.1) is 0 Å². The van der Waals surface area contributed by atoms with E-state index in [4.69, 9.17) is 0 Å². The number of benzene rings is 1. The number of nitrogens with zero attached hydrogens (tertiary/aromatic N) is 4. The number of aliphatic hydroxyl groups excluding tert-OH is 1. The standard InChI is InChI=1S/C22H19FN6O/c1-13-8-27-29-21(7-19(28-22(13)29)14-6-15(23)10-24-9-14)26-12-20(30)17-11-25-18-5-3-2-4-16(17)18/h2-11,20,25-26,30H,12H2,1H3. The van der Waals surface area contributed by atoms with E-state index < -0.39 is 11.9 Å². The number of hydrogen-bond donors (Lipinski definition) is 3. The minimum atomic E-state index is -0.736. The molecule has 30 heavy (non-hydrogen) atoms. The molecule has 8 heteroatoms. The minimum absolute atomic E-state index is 0.265. The van der Waals surface area contributed by atoms with E-state index in [9.17, 15) is 9.50 Å². The molecule has 5 aromatic rings. The van der Waals surface area contributed by atoms with Crippen LogP contribution in [0.25, 0.3) is 27.8 Å². The highest BCUT2D eigenvalue weighted by Crippen LogP contribution is 2.26. The van der Waals surface area contributed by atoms with Crippen LogP contribution in [0.2, 0.25) is 0 Å². The third kappa shape index (κ3) is 3.17. The Kier molecular flexibility index (Phi) is 4.40. The van der Waals surface area contributed by atoms with Gasteiger partial charge in [0.25, 0.3) is 0 Å². The van der Waals surface area contributed by atoms with Gasteiger partial charge >= 0.3 is 0 Å². The summed E-state index contributed by atoms with van der Waals surface area (Å²) in [4.78, 5) is 11.7. The number of para-hydroxylation sites is 1. The molecule has 0 spiro atoms. The normalized spacial score (nSPS) is 12.5. The summed E-state index contributed by atoms with van der Waals surface area (Å²) in [6.07, 6.45) is 5.53. The Morgan fingerprint density at radius 1 is 1.20 bits per heavy atom. The summed E-state index contributed by atoms with van der Waals surface area (Å²) in [6.45, 7) is 2.17. The average molecular weight is 402 g/mol. The average Bonchev–Trinajstić information content (AvgIpc) is 3.36. The quantitative estimate of drug-likeness (QED) is 0.415. The van der Waals surface area contributed by atoms with Gasteiger partial charge in [-0.1, -0.05) is 18.2 Å². The summed E-state index contributed by atoms with van der Waals surface area (Å²) in [5.41, 5.74) is 4.47. The largest absolute Gasteiger partial charge is 0.386 e. The Balaban J connectivity index is 1.49. The van der Waals surface area contributed by atoms with Crippen molar-refractivity contribution >= 4 is 22.4 Å². The van der Waals surface area contributed by atoms with Crippen LogP contribution in [0.3, 0.4) is 0 Å². The lowest BCUT2D eigenvalue weighted by molar-refractivity contribution is 0.193. The van der Waals surface area contributed by atoms with Crippen LogP contribution >= 0.6 is 0 Å². The third-order valence-electron chi connectivity index (χ3n) is 5.11. The molecule has 5 rings (SSSR count). The Morgan fingerprint density at radius 2 is 2.07 bits per heavy atom. The van der Waals surface area contributed by atoms with E-state index in [2.05, 4.69) is 25.4 Å². The van der Waals surface area contributed by atoms with Crippen LogP contribution < -0.4 is 5.32 Å². The van der Waals surface area contributed by atoms with Crippen molar-refractivity contribution in [2.24, 2.45) is 0 Å². The molecule has 0 aliphatic heterocycles. The van der Waals surface area contributed by atoms with Crippen LogP contribution in [0.5, 0.6) is 0 Å². The van der Waals surface area contributed by atoms with Crippen LogP contribution in [-0.2, 0) is 0 Å². The van der Waals surface area contributed by atoms with Gasteiger partial charge in [-0.3, -0.25) is 4.98 Å². The molecule has 0 aliphatic carbocycles. The van der Waals surface area contributed by atoms with E-state index in [1.165, 1.54) is 6.07 Å². The van der Waals surface area contributed by atoms with Crippen LogP contribution in [0.1, 0.15) is 17.2 Å². The molecule has 0 fully saturated rings. The smallest absolute Gasteiger partial charge is 0.160 e. The molecule has 0 bridgehead atoms. The maximum absolute atomic E-state index is 13.7. The van der Waals surface area contributed by atoms with Gasteiger partial charge in [0.05, 0.1) is 24.2 Å². The lowest BCUT2D eigenvalue weighted by atomic mass is 10.1. The summed E-state index contributed by atoms with van der Waals surface area (Å²) in [6, 6.07) is 11.0. The van der Waals surface area contributed by atoms with Gasteiger partial charge in [0, 0.05) is 52.6 Å². The predicted octanol–water partition coefficient (Wildman–Crippen LogP) is 3.87. The minimum Gasteiger partial charge on any atom is -0.386 e. The summed E-state index contributed by atoms with van der Waals surface area (Å²) >= 11 is 0. The highest BCUT2D eigenvalue weighted by Gasteiger charge is 2.15. The first-order chi connectivity index (χ1) is 14.6. The fraction of sp³-hybridized carbons (Fsp3) is 0.136. The number of pyridine rings is 1. The van der Waals surface area contributed by atoms with Crippen molar-refractivity contribution in [1.29, 1.82) is 0 Å². The number of halogens is 1. The lowest BCUT2D eigenvalue weighted by Crippen LogP contribution is -2.14. The van der Waals surface area contributed by atoms with Crippen LogP contribution in [0.15, 0.2) is 61.2 Å². The molecule has 0 radical (unpaired) electrons. The van der Waals surface area contributed by atoms with Crippen molar-refractivity contribution < 1.29 is 9.50 Å². The van der Waals surface area contributed by atoms with Gasteiger partial charge in [0.1, 0.15) is 11.6 Å². The number of aromatic nitrogens is 5. The first-order valence-corrected chi connectivity index (χ1v) is 9.54. The second-order valence-corrected chi connectivity index (χ2v) is 7.17. The van der Waals surface area contributed by atoms with Gasteiger partial charge in [0.2, 0.25) is 0 Å². The number of H-pyrrole nitrogens is 1. The molecule has 0 aliphatic rings. The number of fused-ring (bicyclic) bond motifs is 2. The van der Waals surface area contributed by atoms with Gasteiger partial charge in [-0.25, -0.2) is 9.37 Å². The molecule has 150 valence electrons. The number of nitrogens with one attached hydrogen (secondary N) is 2. The second-order valence-electron chi connectivity index (χ2n) is 7.17. The molecular formula is C22H19FN6O. The van der Waals surface area contributed by atoms with Gasteiger partial charge in [0.15, 0.2) is 5.65 Å². The van der Waals surface area contributed by atoms with Crippen molar-refractivity contribution in [1.82, 2.24) is 24.6 Å². The topological polar surface area (TPSA) is 91.1 Å². The molecule has 0 amide bonds. The lowest BCUT2D eigenvalue weighted by Gasteiger charge is -2.14. The van der Waals surface area contributed by atoms with Gasteiger partial charge in [-0.05, 0) is 19.1 Å². The van der Waals surface area contributed by atoms with Crippen molar-refractivity contribution in [3.63, 3.8) is 0 Å².